The van der Waals surface area contributed by atoms with Crippen molar-refractivity contribution in [2.24, 2.45) is 15.2 Å². The van der Waals surface area contributed by atoms with Crippen molar-refractivity contribution in [1.82, 2.24) is 0 Å². The largest absolute Gasteiger partial charge is 0.344 e. The fourth-order valence-corrected chi connectivity index (χ4v) is 2.19. The number of rotatable bonds is 1. The van der Waals surface area contributed by atoms with Crippen LogP contribution in [0.4, 0.5) is 0 Å². The maximum atomic E-state index is 4.00. The molecule has 0 aromatic carbocycles. The standard InChI is InChI=1S/2C7H13.C3H7N.C3H7.Ta/c2*1-7-5-3-2-4-6-7;1-3(2)4;1-3-2;/h2*2,7H,3-6H2,1H3;3H,1-2H3;1,3H2,2H3;/q2*-1;;-1;. The summed E-state index contributed by atoms with van der Waals surface area (Å²) in [4.78, 5) is 0. The van der Waals surface area contributed by atoms with Crippen LogP contribution in [0.3, 0.4) is 0 Å². The minimum atomic E-state index is 0.559. The molecule has 0 radical (unpaired) electrons. The molecule has 0 heterocycles. The third kappa shape index (κ3) is 22.8. The summed E-state index contributed by atoms with van der Waals surface area (Å²) in [5, 5.41) is 0. The minimum Gasteiger partial charge on any atom is -0.344 e. The smallest absolute Gasteiger partial charge is 0.0491 e. The van der Waals surface area contributed by atoms with Crippen molar-refractivity contribution < 1.29 is 20.9 Å². The Morgan fingerprint density at radius 2 is 1.18 bits per heavy atom. The van der Waals surface area contributed by atoms with E-state index >= 15 is 0 Å². The van der Waals surface area contributed by atoms with Crippen molar-refractivity contribution in [2.75, 3.05) is 0 Å². The van der Waals surface area contributed by atoms with Gasteiger partial charge in [-0.05, 0) is 11.8 Å². The van der Waals surface area contributed by atoms with Gasteiger partial charge in [-0.3, -0.25) is 0 Å². The molecular weight excluding hydrogens is 435 g/mol. The number of nitrogens with zero attached hydrogens (tertiary/aromatic N) is 1. The first-order valence-corrected chi connectivity index (χ1v) is 10.7. The van der Waals surface area contributed by atoms with Crippen molar-refractivity contribution >= 4 is 0 Å². The molecule has 2 aliphatic rings. The topological polar surface area (TPSA) is 12.4 Å². The molecule has 22 heavy (non-hydrogen) atoms. The van der Waals surface area contributed by atoms with Gasteiger partial charge >= 0.3 is 44.1 Å². The summed E-state index contributed by atoms with van der Waals surface area (Å²) in [6.45, 7) is 14.3. The van der Waals surface area contributed by atoms with E-state index in [4.69, 9.17) is 0 Å². The first-order chi connectivity index (χ1) is 10.5. The minimum absolute atomic E-state index is 0.559. The summed E-state index contributed by atoms with van der Waals surface area (Å²) in [5.74, 6) is 2.01. The van der Waals surface area contributed by atoms with Crippen molar-refractivity contribution in [3.8, 4) is 0 Å². The Morgan fingerprint density at radius 1 is 0.955 bits per heavy atom. The van der Waals surface area contributed by atoms with Gasteiger partial charge in [-0.25, -0.2) is 0 Å². The van der Waals surface area contributed by atoms with Crippen molar-refractivity contribution in [1.29, 1.82) is 0 Å². The van der Waals surface area contributed by atoms with Crippen LogP contribution in [0.25, 0.3) is 0 Å². The summed E-state index contributed by atoms with van der Waals surface area (Å²) >= 11 is 1.16. The van der Waals surface area contributed by atoms with Crippen LogP contribution in [0, 0.1) is 31.6 Å². The maximum absolute atomic E-state index is 4.00. The zero-order chi connectivity index (χ0) is 17.2. The summed E-state index contributed by atoms with van der Waals surface area (Å²) in [6.07, 6.45) is 17.0. The van der Waals surface area contributed by atoms with Gasteiger partial charge in [0.15, 0.2) is 0 Å². The molecule has 133 valence electrons. The van der Waals surface area contributed by atoms with Gasteiger partial charge in [0.25, 0.3) is 0 Å². The van der Waals surface area contributed by atoms with Gasteiger partial charge in [-0.1, -0.05) is 46.5 Å². The zero-order valence-electron chi connectivity index (χ0n) is 15.9. The Kier molecular flexibility index (Phi) is 22.1. The van der Waals surface area contributed by atoms with E-state index in [2.05, 4.69) is 50.8 Å². The Hall–Kier alpha value is 0.540. The molecule has 0 aliphatic heterocycles. The second-order valence-electron chi connectivity index (χ2n) is 6.81. The Morgan fingerprint density at radius 3 is 1.27 bits per heavy atom. The molecule has 2 heteroatoms. The molecule has 0 atom stereocenters. The van der Waals surface area contributed by atoms with Gasteiger partial charge in [0, 0.05) is 0 Å². The molecule has 1 nitrogen and oxygen atoms in total. The third-order valence-electron chi connectivity index (χ3n) is 3.69. The molecule has 0 N–H and O–H groups in total. The van der Waals surface area contributed by atoms with Crippen molar-refractivity contribution in [3.05, 3.63) is 19.8 Å². The maximum Gasteiger partial charge on any atom is -0.0491 e. The molecule has 0 aromatic heterocycles. The summed E-state index contributed by atoms with van der Waals surface area (Å²) in [7, 11) is 0. The molecule has 2 saturated carbocycles. The molecule has 0 spiro atoms. The van der Waals surface area contributed by atoms with E-state index in [0.717, 1.165) is 39.1 Å². The fraction of sp³-hybridized carbons (Fsp3) is 0.850. The third-order valence-corrected chi connectivity index (χ3v) is 5.34. The van der Waals surface area contributed by atoms with Crippen molar-refractivity contribution in [3.63, 3.8) is 0 Å². The Balaban J connectivity index is 0. The molecule has 0 amide bonds. The van der Waals surface area contributed by atoms with E-state index in [-0.39, 0.29) is 0 Å². The van der Waals surface area contributed by atoms with Crippen LogP contribution in [0.1, 0.15) is 92.4 Å². The first kappa shape index (κ1) is 24.8. The van der Waals surface area contributed by atoms with Crippen LogP contribution < -0.4 is 0 Å². The molecule has 0 unspecified atom stereocenters. The number of hydrogen-bond donors (Lipinski definition) is 0. The van der Waals surface area contributed by atoms with Crippen LogP contribution in [-0.2, 0) is 20.9 Å². The van der Waals surface area contributed by atoms with Crippen LogP contribution in [-0.4, -0.2) is 6.04 Å². The molecule has 2 fully saturated rings. The van der Waals surface area contributed by atoms with E-state index in [1.807, 2.05) is 6.92 Å². The van der Waals surface area contributed by atoms with Crippen molar-refractivity contribution in [2.45, 2.75) is 98.4 Å². The van der Waals surface area contributed by atoms with Crippen LogP contribution >= 0.6 is 0 Å². The SMILES string of the molecule is CC(C)[N]=[Ta].CC1CC[CH-]CC1.CC1CC[CH-]CC1.[CH2-]CC. The van der Waals surface area contributed by atoms with Gasteiger partial charge in [-0.2, -0.15) is 32.1 Å². The first-order valence-electron chi connectivity index (χ1n) is 9.24. The van der Waals surface area contributed by atoms with Gasteiger partial charge in [0.05, 0.1) is 0 Å². The Bertz CT molecular complexity index is 188. The van der Waals surface area contributed by atoms with E-state index in [0.29, 0.717) is 6.04 Å². The zero-order valence-corrected chi connectivity index (χ0v) is 19.1. The summed E-state index contributed by atoms with van der Waals surface area (Å²) in [6, 6.07) is 0.559. The van der Waals surface area contributed by atoms with E-state index in [1.54, 1.807) is 0 Å². The second-order valence-corrected chi connectivity index (χ2v) is 7.64. The Labute approximate surface area is 154 Å². The van der Waals surface area contributed by atoms with Crippen LogP contribution in [0.2, 0.25) is 0 Å². The van der Waals surface area contributed by atoms with E-state index in [9.17, 15) is 0 Å². The second kappa shape index (κ2) is 19.6. The monoisotopic (exact) mass is 475 g/mol. The molecule has 0 bridgehead atoms. The summed E-state index contributed by atoms with van der Waals surface area (Å²) < 4.78 is 4.00. The molecule has 0 aromatic rings. The molecule has 2 aliphatic carbocycles. The average Bonchev–Trinajstić information content (AvgIpc) is 2.51. The van der Waals surface area contributed by atoms with Gasteiger partial charge in [-0.15, -0.1) is 0 Å². The fourth-order valence-electron chi connectivity index (χ4n) is 2.19. The van der Waals surface area contributed by atoms with Gasteiger partial charge in [0.1, 0.15) is 0 Å². The van der Waals surface area contributed by atoms with E-state index < -0.39 is 0 Å². The molecular formula is C20H40NTa-3. The van der Waals surface area contributed by atoms with Gasteiger partial charge < -0.3 is 19.8 Å². The molecule has 2 rings (SSSR count). The van der Waals surface area contributed by atoms with E-state index in [1.165, 1.54) is 51.4 Å². The summed E-state index contributed by atoms with van der Waals surface area (Å²) in [5.41, 5.74) is 0. The molecule has 0 saturated heterocycles. The van der Waals surface area contributed by atoms with Gasteiger partial charge in [0.2, 0.25) is 0 Å². The normalized spacial score (nSPS) is 18.8. The van der Waals surface area contributed by atoms with Crippen LogP contribution in [0.5, 0.6) is 0 Å². The number of hydrogen-bond acceptors (Lipinski definition) is 1. The average molecular weight is 475 g/mol. The van der Waals surface area contributed by atoms with Crippen LogP contribution in [0.15, 0.2) is 3.34 Å². The predicted octanol–water partition coefficient (Wildman–Crippen LogP) is 7.16. The quantitative estimate of drug-likeness (QED) is 0.357. The predicted molar refractivity (Wildman–Crippen MR) is 97.1 cm³/mol.